The number of carbonyl (C=O) groups is 1. The minimum atomic E-state index is -0.337. The van der Waals surface area contributed by atoms with Crippen molar-refractivity contribution in [2.45, 2.75) is 0 Å². The van der Waals surface area contributed by atoms with E-state index in [1.165, 1.54) is 6.07 Å². The van der Waals surface area contributed by atoms with Gasteiger partial charge in [-0.15, -0.1) is 0 Å². The summed E-state index contributed by atoms with van der Waals surface area (Å²) in [6, 6.07) is 8.00. The van der Waals surface area contributed by atoms with Crippen LogP contribution in [0.5, 0.6) is 5.75 Å². The number of benzene rings is 2. The molecule has 0 bridgehead atoms. The monoisotopic (exact) mass is 447 g/mol. The van der Waals surface area contributed by atoms with Crippen LogP contribution < -0.4 is 5.73 Å². The highest BCUT2D eigenvalue weighted by atomic mass is 79.9. The Bertz CT molecular complexity index is 671. The maximum Gasteiger partial charge on any atom is 0.199 e. The van der Waals surface area contributed by atoms with Gasteiger partial charge in [0.25, 0.3) is 0 Å². The average Bonchev–Trinajstić information content (AvgIpc) is 2.36. The van der Waals surface area contributed by atoms with Crippen molar-refractivity contribution >= 4 is 59.3 Å². The molecule has 0 saturated carbocycles. The Kier molecular flexibility index (Phi) is 4.32. The average molecular weight is 450 g/mol. The Hall–Kier alpha value is -0.850. The SMILES string of the molecule is Nc1cc(Br)c(Br)c(Br)c1C(=O)c1ccccc1O. The summed E-state index contributed by atoms with van der Waals surface area (Å²) in [6.07, 6.45) is 0. The number of hydrogen-bond acceptors (Lipinski definition) is 3. The van der Waals surface area contributed by atoms with E-state index in [9.17, 15) is 9.90 Å². The summed E-state index contributed by atoms with van der Waals surface area (Å²) in [5.74, 6) is -0.409. The lowest BCUT2D eigenvalue weighted by Gasteiger charge is -2.11. The van der Waals surface area contributed by atoms with E-state index < -0.39 is 0 Å². The number of ketones is 1. The van der Waals surface area contributed by atoms with Gasteiger partial charge in [-0.05, 0) is 66.0 Å². The highest BCUT2D eigenvalue weighted by Gasteiger charge is 2.21. The first-order chi connectivity index (χ1) is 8.93. The van der Waals surface area contributed by atoms with E-state index in [0.717, 1.165) is 4.47 Å². The van der Waals surface area contributed by atoms with Gasteiger partial charge in [-0.3, -0.25) is 4.79 Å². The molecule has 19 heavy (non-hydrogen) atoms. The fourth-order valence-electron chi connectivity index (χ4n) is 1.64. The van der Waals surface area contributed by atoms with E-state index in [2.05, 4.69) is 47.8 Å². The van der Waals surface area contributed by atoms with Gasteiger partial charge in [0.1, 0.15) is 5.75 Å². The summed E-state index contributed by atoms with van der Waals surface area (Å²) >= 11 is 10.0. The zero-order valence-corrected chi connectivity index (χ0v) is 14.2. The van der Waals surface area contributed by atoms with Crippen molar-refractivity contribution in [1.82, 2.24) is 0 Å². The molecule has 0 heterocycles. The molecule has 6 heteroatoms. The number of phenolic OH excluding ortho intramolecular Hbond substituents is 1. The number of halogens is 3. The van der Waals surface area contributed by atoms with Crippen LogP contribution in [0.4, 0.5) is 5.69 Å². The van der Waals surface area contributed by atoms with Gasteiger partial charge in [0.05, 0.1) is 11.1 Å². The third-order valence-corrected chi connectivity index (χ3v) is 5.87. The van der Waals surface area contributed by atoms with E-state index >= 15 is 0 Å². The van der Waals surface area contributed by atoms with Crippen molar-refractivity contribution in [2.75, 3.05) is 5.73 Å². The van der Waals surface area contributed by atoms with Crippen LogP contribution in [0.2, 0.25) is 0 Å². The van der Waals surface area contributed by atoms with Crippen LogP contribution in [0.15, 0.2) is 43.7 Å². The fraction of sp³-hybridized carbons (Fsp3) is 0. The van der Waals surface area contributed by atoms with Gasteiger partial charge in [-0.25, -0.2) is 0 Å². The van der Waals surface area contributed by atoms with Crippen LogP contribution in [0, 0.1) is 0 Å². The largest absolute Gasteiger partial charge is 0.507 e. The van der Waals surface area contributed by atoms with Crippen molar-refractivity contribution in [2.24, 2.45) is 0 Å². The Morgan fingerprint density at radius 3 is 2.37 bits per heavy atom. The Balaban J connectivity index is 2.64. The number of carbonyl (C=O) groups excluding carboxylic acids is 1. The second kappa shape index (κ2) is 5.64. The number of nitrogens with two attached hydrogens (primary N) is 1. The number of phenols is 1. The standard InChI is InChI=1S/C13H8Br3NO2/c14-7-5-8(17)10(12(16)11(7)15)13(19)6-3-1-2-4-9(6)18/h1-5,18H,17H2. The van der Waals surface area contributed by atoms with Crippen LogP contribution in [-0.4, -0.2) is 10.9 Å². The van der Waals surface area contributed by atoms with Gasteiger partial charge in [0.2, 0.25) is 0 Å². The van der Waals surface area contributed by atoms with Crippen molar-refractivity contribution in [3.05, 3.63) is 54.9 Å². The minimum Gasteiger partial charge on any atom is -0.507 e. The zero-order valence-electron chi connectivity index (χ0n) is 9.45. The summed E-state index contributed by atoms with van der Waals surface area (Å²) in [5, 5.41) is 9.75. The zero-order chi connectivity index (χ0) is 14.2. The molecule has 0 fully saturated rings. The lowest BCUT2D eigenvalue weighted by atomic mass is 10.0. The molecular weight excluding hydrogens is 442 g/mol. The van der Waals surface area contributed by atoms with Crippen LogP contribution in [0.1, 0.15) is 15.9 Å². The lowest BCUT2D eigenvalue weighted by molar-refractivity contribution is 0.103. The third kappa shape index (κ3) is 2.70. The van der Waals surface area contributed by atoms with Crippen molar-refractivity contribution in [3.63, 3.8) is 0 Å². The summed E-state index contributed by atoms with van der Waals surface area (Å²) in [5.41, 5.74) is 6.75. The maximum absolute atomic E-state index is 12.5. The summed E-state index contributed by atoms with van der Waals surface area (Å²) < 4.78 is 1.99. The molecule has 0 aliphatic heterocycles. The topological polar surface area (TPSA) is 63.3 Å². The highest BCUT2D eigenvalue weighted by molar-refractivity contribution is 9.14. The molecule has 3 nitrogen and oxygen atoms in total. The highest BCUT2D eigenvalue weighted by Crippen LogP contribution is 2.38. The van der Waals surface area contributed by atoms with Gasteiger partial charge in [0, 0.05) is 19.1 Å². The predicted molar refractivity (Wildman–Crippen MR) is 85.5 cm³/mol. The van der Waals surface area contributed by atoms with Crippen molar-refractivity contribution < 1.29 is 9.90 Å². The molecule has 2 rings (SSSR count). The molecule has 0 atom stereocenters. The minimum absolute atomic E-state index is 0.0714. The number of anilines is 1. The van der Waals surface area contributed by atoms with E-state index in [4.69, 9.17) is 5.73 Å². The van der Waals surface area contributed by atoms with E-state index in [1.54, 1.807) is 24.3 Å². The molecule has 2 aromatic carbocycles. The van der Waals surface area contributed by atoms with Crippen LogP contribution in [0.25, 0.3) is 0 Å². The molecular formula is C13H8Br3NO2. The molecule has 0 unspecified atom stereocenters. The Labute approximate surface area is 135 Å². The first-order valence-corrected chi connectivity index (χ1v) is 7.57. The maximum atomic E-state index is 12.5. The van der Waals surface area contributed by atoms with Crippen LogP contribution in [-0.2, 0) is 0 Å². The first-order valence-electron chi connectivity index (χ1n) is 5.19. The molecule has 0 aliphatic carbocycles. The molecule has 3 N–H and O–H groups in total. The molecule has 2 aromatic rings. The quantitative estimate of drug-likeness (QED) is 0.403. The van der Waals surface area contributed by atoms with Crippen molar-refractivity contribution in [3.8, 4) is 5.75 Å². The van der Waals surface area contributed by atoms with Crippen LogP contribution in [0.3, 0.4) is 0 Å². The summed E-state index contributed by atoms with van der Waals surface area (Å²) in [7, 11) is 0. The van der Waals surface area contributed by atoms with Gasteiger partial charge in [-0.2, -0.15) is 0 Å². The van der Waals surface area contributed by atoms with Gasteiger partial charge in [0.15, 0.2) is 5.78 Å². The fourth-order valence-corrected chi connectivity index (χ4v) is 3.29. The van der Waals surface area contributed by atoms with E-state index in [-0.39, 0.29) is 17.1 Å². The van der Waals surface area contributed by atoms with E-state index in [0.29, 0.717) is 20.2 Å². The second-order valence-electron chi connectivity index (χ2n) is 3.80. The molecule has 0 radical (unpaired) electrons. The molecule has 98 valence electrons. The number of rotatable bonds is 2. The van der Waals surface area contributed by atoms with E-state index in [1.807, 2.05) is 0 Å². The second-order valence-corrected chi connectivity index (χ2v) is 6.24. The molecule has 0 aliphatic rings. The van der Waals surface area contributed by atoms with Gasteiger partial charge >= 0.3 is 0 Å². The smallest absolute Gasteiger partial charge is 0.199 e. The molecule has 0 aromatic heterocycles. The first kappa shape index (κ1) is 14.6. The molecule has 0 spiro atoms. The molecule has 0 amide bonds. The Morgan fingerprint density at radius 1 is 1.11 bits per heavy atom. The van der Waals surface area contributed by atoms with Crippen LogP contribution >= 0.6 is 47.8 Å². The predicted octanol–water partition coefficient (Wildman–Crippen LogP) is 4.49. The number of para-hydroxylation sites is 1. The lowest BCUT2D eigenvalue weighted by Crippen LogP contribution is -2.07. The number of nitrogen functional groups attached to an aromatic ring is 1. The van der Waals surface area contributed by atoms with Crippen molar-refractivity contribution in [1.29, 1.82) is 0 Å². The molecule has 0 saturated heterocycles. The third-order valence-electron chi connectivity index (χ3n) is 2.57. The Morgan fingerprint density at radius 2 is 1.74 bits per heavy atom. The van der Waals surface area contributed by atoms with Gasteiger partial charge < -0.3 is 10.8 Å². The normalized spacial score (nSPS) is 10.5. The van der Waals surface area contributed by atoms with Gasteiger partial charge in [-0.1, -0.05) is 12.1 Å². The number of hydrogen-bond donors (Lipinski definition) is 2. The summed E-state index contributed by atoms with van der Waals surface area (Å²) in [6.45, 7) is 0. The number of aromatic hydroxyl groups is 1. The summed E-state index contributed by atoms with van der Waals surface area (Å²) in [4.78, 5) is 12.5.